The van der Waals surface area contributed by atoms with E-state index in [-0.39, 0.29) is 29.6 Å². The maximum absolute atomic E-state index is 12.2. The van der Waals surface area contributed by atoms with Crippen molar-refractivity contribution in [1.82, 2.24) is 5.32 Å². The van der Waals surface area contributed by atoms with Gasteiger partial charge >= 0.3 is 5.97 Å². The van der Waals surface area contributed by atoms with Crippen molar-refractivity contribution in [1.29, 1.82) is 0 Å². The molecule has 24 heavy (non-hydrogen) atoms. The lowest BCUT2D eigenvalue weighted by molar-refractivity contribution is -0.125. The van der Waals surface area contributed by atoms with Crippen LogP contribution in [0, 0.1) is 11.8 Å². The van der Waals surface area contributed by atoms with Crippen molar-refractivity contribution in [3.63, 3.8) is 0 Å². The van der Waals surface area contributed by atoms with Gasteiger partial charge in [0, 0.05) is 12.2 Å². The van der Waals surface area contributed by atoms with E-state index in [4.69, 9.17) is 4.74 Å². The van der Waals surface area contributed by atoms with Gasteiger partial charge in [0.15, 0.2) is 0 Å². The number of hydrogen-bond acceptors (Lipinski definition) is 4. The van der Waals surface area contributed by atoms with E-state index < -0.39 is 0 Å². The minimum Gasteiger partial charge on any atom is -0.462 e. The van der Waals surface area contributed by atoms with Gasteiger partial charge in [-0.2, -0.15) is 0 Å². The van der Waals surface area contributed by atoms with Crippen LogP contribution >= 0.6 is 0 Å². The van der Waals surface area contributed by atoms with E-state index in [1.54, 1.807) is 31.2 Å². The van der Waals surface area contributed by atoms with Gasteiger partial charge in [-0.15, -0.1) is 0 Å². The lowest BCUT2D eigenvalue weighted by Crippen LogP contribution is -2.28. The number of esters is 1. The Labute approximate surface area is 142 Å². The van der Waals surface area contributed by atoms with Gasteiger partial charge in [-0.05, 0) is 44.0 Å². The van der Waals surface area contributed by atoms with Gasteiger partial charge in [-0.1, -0.05) is 13.3 Å². The van der Waals surface area contributed by atoms with Crippen LogP contribution in [-0.4, -0.2) is 30.9 Å². The fourth-order valence-corrected chi connectivity index (χ4v) is 2.43. The van der Waals surface area contributed by atoms with Gasteiger partial charge in [-0.3, -0.25) is 9.59 Å². The lowest BCUT2D eigenvalue weighted by atomic mass is 10.2. The van der Waals surface area contributed by atoms with Crippen LogP contribution in [0.15, 0.2) is 24.3 Å². The molecule has 1 aliphatic rings. The zero-order valence-electron chi connectivity index (χ0n) is 14.1. The molecule has 0 saturated heterocycles. The van der Waals surface area contributed by atoms with Crippen molar-refractivity contribution >= 4 is 23.5 Å². The summed E-state index contributed by atoms with van der Waals surface area (Å²) in [7, 11) is 0. The van der Waals surface area contributed by atoms with E-state index in [0.717, 1.165) is 12.8 Å². The average molecular weight is 332 g/mol. The first-order chi connectivity index (χ1) is 11.6. The molecule has 130 valence electrons. The van der Waals surface area contributed by atoms with E-state index in [2.05, 4.69) is 17.6 Å². The smallest absolute Gasteiger partial charge is 0.338 e. The lowest BCUT2D eigenvalue weighted by Gasteiger charge is -2.07. The van der Waals surface area contributed by atoms with Gasteiger partial charge in [0.25, 0.3) is 0 Å². The number of nitrogens with one attached hydrogen (secondary N) is 2. The van der Waals surface area contributed by atoms with Crippen LogP contribution in [0.2, 0.25) is 0 Å². The van der Waals surface area contributed by atoms with Crippen molar-refractivity contribution in [2.45, 2.75) is 33.1 Å². The largest absolute Gasteiger partial charge is 0.462 e. The second kappa shape index (κ2) is 8.47. The van der Waals surface area contributed by atoms with Crippen LogP contribution in [0.1, 0.15) is 43.5 Å². The Kier molecular flexibility index (Phi) is 6.35. The molecule has 1 aromatic rings. The zero-order chi connectivity index (χ0) is 17.5. The number of ether oxygens (including phenoxy) is 1. The second-order valence-electron chi connectivity index (χ2n) is 5.88. The normalized spacial score (nSPS) is 18.6. The molecule has 2 unspecified atom stereocenters. The summed E-state index contributed by atoms with van der Waals surface area (Å²) in [5, 5.41) is 5.64. The van der Waals surface area contributed by atoms with E-state index in [1.165, 1.54) is 0 Å². The molecule has 0 heterocycles. The molecule has 6 nitrogen and oxygen atoms in total. The molecule has 2 atom stereocenters. The summed E-state index contributed by atoms with van der Waals surface area (Å²) < 4.78 is 4.91. The Hall–Kier alpha value is -2.37. The molecule has 6 heteroatoms. The summed E-state index contributed by atoms with van der Waals surface area (Å²) in [6.45, 7) is 4.79. The van der Waals surface area contributed by atoms with Crippen LogP contribution in [0.3, 0.4) is 0 Å². The monoisotopic (exact) mass is 332 g/mol. The highest BCUT2D eigenvalue weighted by molar-refractivity contribution is 5.99. The van der Waals surface area contributed by atoms with Crippen molar-refractivity contribution in [2.24, 2.45) is 11.8 Å². The Morgan fingerprint density at radius 1 is 1.08 bits per heavy atom. The van der Waals surface area contributed by atoms with Crippen LogP contribution < -0.4 is 10.6 Å². The summed E-state index contributed by atoms with van der Waals surface area (Å²) in [6, 6.07) is 6.52. The minimum atomic E-state index is -0.388. The number of unbranched alkanes of at least 4 members (excludes halogenated alkanes) is 1. The van der Waals surface area contributed by atoms with Crippen LogP contribution in [0.5, 0.6) is 0 Å². The van der Waals surface area contributed by atoms with Crippen LogP contribution in [0.4, 0.5) is 5.69 Å². The quantitative estimate of drug-likeness (QED) is 0.565. The third kappa shape index (κ3) is 4.81. The summed E-state index contributed by atoms with van der Waals surface area (Å²) in [4.78, 5) is 35.6. The summed E-state index contributed by atoms with van der Waals surface area (Å²) >= 11 is 0. The molecular formula is C18H24N2O4. The van der Waals surface area contributed by atoms with Gasteiger partial charge in [-0.25, -0.2) is 4.79 Å². The number of carbonyl (C=O) groups is 3. The van der Waals surface area contributed by atoms with Gasteiger partial charge < -0.3 is 15.4 Å². The summed E-state index contributed by atoms with van der Waals surface area (Å²) in [5.41, 5.74) is 1.04. The number of anilines is 1. The third-order valence-electron chi connectivity index (χ3n) is 3.96. The Balaban J connectivity index is 1.81. The first-order valence-corrected chi connectivity index (χ1v) is 8.42. The molecule has 0 bridgehead atoms. The fourth-order valence-electron chi connectivity index (χ4n) is 2.43. The number of rotatable bonds is 8. The van der Waals surface area contributed by atoms with Crippen LogP contribution in [-0.2, 0) is 14.3 Å². The topological polar surface area (TPSA) is 84.5 Å². The first kappa shape index (κ1) is 18.0. The molecule has 1 saturated carbocycles. The summed E-state index contributed by atoms with van der Waals surface area (Å²) in [5.74, 6) is -1.07. The minimum absolute atomic E-state index is 0.0405. The van der Waals surface area contributed by atoms with E-state index in [1.807, 2.05) is 0 Å². The SMILES string of the molecule is CCCCNC(=O)C1CC1C(=O)Nc1ccc(C(=O)OCC)cc1. The first-order valence-electron chi connectivity index (χ1n) is 8.42. The van der Waals surface area contributed by atoms with Crippen LogP contribution in [0.25, 0.3) is 0 Å². The number of hydrogen-bond donors (Lipinski definition) is 2. The Morgan fingerprint density at radius 2 is 1.75 bits per heavy atom. The highest BCUT2D eigenvalue weighted by Gasteiger charge is 2.47. The number of amides is 2. The molecule has 1 aromatic carbocycles. The average Bonchev–Trinajstić information content (AvgIpc) is 3.37. The van der Waals surface area contributed by atoms with E-state index in [9.17, 15) is 14.4 Å². The highest BCUT2D eigenvalue weighted by atomic mass is 16.5. The van der Waals surface area contributed by atoms with Crippen molar-refractivity contribution in [2.75, 3.05) is 18.5 Å². The van der Waals surface area contributed by atoms with Crippen molar-refractivity contribution in [3.05, 3.63) is 29.8 Å². The van der Waals surface area contributed by atoms with E-state index >= 15 is 0 Å². The number of carbonyl (C=O) groups excluding carboxylic acids is 3. The third-order valence-corrected chi connectivity index (χ3v) is 3.96. The molecule has 1 fully saturated rings. The summed E-state index contributed by atoms with van der Waals surface area (Å²) in [6.07, 6.45) is 2.56. The second-order valence-corrected chi connectivity index (χ2v) is 5.88. The molecule has 2 rings (SSSR count). The zero-order valence-corrected chi connectivity index (χ0v) is 14.1. The maximum atomic E-state index is 12.2. The van der Waals surface area contributed by atoms with Crippen molar-refractivity contribution in [3.8, 4) is 0 Å². The molecule has 0 aliphatic heterocycles. The molecule has 0 aromatic heterocycles. The molecule has 1 aliphatic carbocycles. The maximum Gasteiger partial charge on any atom is 0.338 e. The fraction of sp³-hybridized carbons (Fsp3) is 0.500. The molecular weight excluding hydrogens is 308 g/mol. The predicted octanol–water partition coefficient (Wildman–Crippen LogP) is 2.35. The van der Waals surface area contributed by atoms with Gasteiger partial charge in [0.1, 0.15) is 0 Å². The molecule has 0 radical (unpaired) electrons. The Morgan fingerprint density at radius 3 is 2.38 bits per heavy atom. The number of benzene rings is 1. The Bertz CT molecular complexity index is 598. The molecule has 2 amide bonds. The standard InChI is InChI=1S/C18H24N2O4/c1-3-5-10-19-16(21)14-11-15(14)17(22)20-13-8-6-12(7-9-13)18(23)24-4-2/h6-9,14-15H,3-5,10-11H2,1-2H3,(H,19,21)(H,20,22). The van der Waals surface area contributed by atoms with Gasteiger partial charge in [0.05, 0.1) is 24.0 Å². The van der Waals surface area contributed by atoms with Gasteiger partial charge in [0.2, 0.25) is 11.8 Å². The molecule has 0 spiro atoms. The highest BCUT2D eigenvalue weighted by Crippen LogP contribution is 2.39. The predicted molar refractivity (Wildman–Crippen MR) is 90.5 cm³/mol. The van der Waals surface area contributed by atoms with Crippen molar-refractivity contribution < 1.29 is 19.1 Å². The van der Waals surface area contributed by atoms with E-state index in [0.29, 0.717) is 30.8 Å². The molecule has 2 N–H and O–H groups in total.